The lowest BCUT2D eigenvalue weighted by Crippen LogP contribution is -2.35. The lowest BCUT2D eigenvalue weighted by atomic mass is 10.0. The Hall–Kier alpha value is -1.90. The van der Waals surface area contributed by atoms with Crippen molar-refractivity contribution in [1.29, 1.82) is 0 Å². The van der Waals surface area contributed by atoms with E-state index < -0.39 is 20.0 Å². The second-order valence-corrected chi connectivity index (χ2v) is 11.0. The molecule has 0 atom stereocenters. The molecule has 6 nitrogen and oxygen atoms in total. The van der Waals surface area contributed by atoms with E-state index in [1.165, 1.54) is 28.6 Å². The first-order chi connectivity index (χ1) is 13.4. The Morgan fingerprint density at radius 1 is 0.821 bits per heavy atom. The summed E-state index contributed by atoms with van der Waals surface area (Å²) in [5, 5.41) is 0. The molecule has 1 aliphatic heterocycles. The van der Waals surface area contributed by atoms with Crippen LogP contribution < -0.4 is 9.03 Å². The van der Waals surface area contributed by atoms with Crippen LogP contribution in [0, 0.1) is 0 Å². The van der Waals surface area contributed by atoms with Crippen molar-refractivity contribution >= 4 is 25.7 Å². The van der Waals surface area contributed by atoms with Crippen LogP contribution in [-0.2, 0) is 26.5 Å². The van der Waals surface area contributed by atoms with E-state index >= 15 is 0 Å². The van der Waals surface area contributed by atoms with Crippen LogP contribution in [0.4, 0.5) is 5.69 Å². The summed E-state index contributed by atoms with van der Waals surface area (Å²) in [6.07, 6.45) is 5.36. The molecule has 2 aliphatic rings. The third-order valence-corrected chi connectivity index (χ3v) is 8.83. The summed E-state index contributed by atoms with van der Waals surface area (Å²) < 4.78 is 55.5. The summed E-state index contributed by atoms with van der Waals surface area (Å²) in [6.45, 7) is 0.419. The monoisotopic (exact) mass is 420 g/mol. The molecule has 1 heterocycles. The normalized spacial score (nSPS) is 18.2. The Morgan fingerprint density at radius 2 is 1.46 bits per heavy atom. The van der Waals surface area contributed by atoms with Gasteiger partial charge in [-0.05, 0) is 61.6 Å². The number of sulfonamides is 2. The van der Waals surface area contributed by atoms with E-state index in [0.29, 0.717) is 12.2 Å². The Morgan fingerprint density at radius 3 is 2.18 bits per heavy atom. The third-order valence-electron chi connectivity index (χ3n) is 5.47. The molecule has 0 aromatic heterocycles. The molecule has 4 rings (SSSR count). The van der Waals surface area contributed by atoms with Gasteiger partial charge in [-0.3, -0.25) is 4.31 Å². The predicted octanol–water partition coefficient (Wildman–Crippen LogP) is 3.05. The highest BCUT2D eigenvalue weighted by Crippen LogP contribution is 2.32. The molecule has 8 heteroatoms. The maximum absolute atomic E-state index is 13.2. The maximum atomic E-state index is 13.2. The molecule has 1 saturated carbocycles. The molecule has 0 saturated heterocycles. The number of rotatable bonds is 5. The van der Waals surface area contributed by atoms with Crippen molar-refractivity contribution in [3.63, 3.8) is 0 Å². The van der Waals surface area contributed by atoms with Gasteiger partial charge in [0.1, 0.15) is 0 Å². The van der Waals surface area contributed by atoms with E-state index in [2.05, 4.69) is 4.72 Å². The number of fused-ring (bicyclic) bond motifs is 1. The zero-order chi connectivity index (χ0) is 19.8. The molecule has 0 unspecified atom stereocenters. The Balaban J connectivity index is 1.60. The van der Waals surface area contributed by atoms with Crippen LogP contribution in [0.2, 0.25) is 0 Å². The Labute approximate surface area is 166 Å². The number of para-hydroxylation sites is 1. The van der Waals surface area contributed by atoms with E-state index in [1.807, 2.05) is 24.3 Å². The van der Waals surface area contributed by atoms with Crippen LogP contribution in [-0.4, -0.2) is 29.4 Å². The van der Waals surface area contributed by atoms with Crippen molar-refractivity contribution in [2.24, 2.45) is 0 Å². The van der Waals surface area contributed by atoms with Crippen molar-refractivity contribution in [1.82, 2.24) is 4.72 Å². The quantitative estimate of drug-likeness (QED) is 0.806. The van der Waals surface area contributed by atoms with Crippen LogP contribution >= 0.6 is 0 Å². The van der Waals surface area contributed by atoms with Crippen LogP contribution in [0.3, 0.4) is 0 Å². The molecule has 2 aromatic carbocycles. The summed E-state index contributed by atoms with van der Waals surface area (Å²) in [5.74, 6) is 0. The average Bonchev–Trinajstić information content (AvgIpc) is 3.20. The van der Waals surface area contributed by atoms with Crippen molar-refractivity contribution < 1.29 is 16.8 Å². The molecule has 1 N–H and O–H groups in total. The van der Waals surface area contributed by atoms with Gasteiger partial charge in [0.15, 0.2) is 0 Å². The zero-order valence-corrected chi connectivity index (χ0v) is 17.2. The summed E-state index contributed by atoms with van der Waals surface area (Å²) in [6, 6.07) is 13.0. The predicted molar refractivity (Wildman–Crippen MR) is 108 cm³/mol. The number of benzene rings is 2. The van der Waals surface area contributed by atoms with Gasteiger partial charge in [-0.25, -0.2) is 21.6 Å². The van der Waals surface area contributed by atoms with Gasteiger partial charge in [0.2, 0.25) is 10.0 Å². The van der Waals surface area contributed by atoms with Gasteiger partial charge in [-0.15, -0.1) is 0 Å². The first-order valence-corrected chi connectivity index (χ1v) is 12.5. The van der Waals surface area contributed by atoms with Crippen molar-refractivity contribution in [3.05, 3.63) is 54.1 Å². The van der Waals surface area contributed by atoms with Gasteiger partial charge in [-0.2, -0.15) is 0 Å². The van der Waals surface area contributed by atoms with E-state index in [4.69, 9.17) is 0 Å². The fraction of sp³-hybridized carbons (Fsp3) is 0.400. The van der Waals surface area contributed by atoms with Gasteiger partial charge in [0.25, 0.3) is 10.0 Å². The topological polar surface area (TPSA) is 83.5 Å². The molecule has 1 fully saturated rings. The van der Waals surface area contributed by atoms with Crippen molar-refractivity contribution in [2.75, 3.05) is 10.8 Å². The summed E-state index contributed by atoms with van der Waals surface area (Å²) in [4.78, 5) is 0.196. The summed E-state index contributed by atoms with van der Waals surface area (Å²) in [7, 11) is -7.38. The highest BCUT2D eigenvalue weighted by Gasteiger charge is 2.29. The SMILES string of the molecule is O=S(=O)(NC1CCCC1)c1ccc(S(=O)(=O)N2CCCc3ccccc32)cc1. The van der Waals surface area contributed by atoms with Crippen molar-refractivity contribution in [2.45, 2.75) is 54.4 Å². The third kappa shape index (κ3) is 3.68. The lowest BCUT2D eigenvalue weighted by molar-refractivity contribution is 0.552. The fourth-order valence-electron chi connectivity index (χ4n) is 4.00. The van der Waals surface area contributed by atoms with E-state index in [-0.39, 0.29) is 15.8 Å². The molecular formula is C20H24N2O4S2. The number of aryl methyl sites for hydroxylation is 1. The van der Waals surface area contributed by atoms with Gasteiger partial charge < -0.3 is 0 Å². The smallest absolute Gasteiger partial charge is 0.264 e. The number of nitrogens with one attached hydrogen (secondary N) is 1. The zero-order valence-electron chi connectivity index (χ0n) is 15.5. The molecule has 0 radical (unpaired) electrons. The molecule has 0 bridgehead atoms. The van der Waals surface area contributed by atoms with E-state index in [1.54, 1.807) is 0 Å². The van der Waals surface area contributed by atoms with Gasteiger partial charge in [-0.1, -0.05) is 31.0 Å². The van der Waals surface area contributed by atoms with Crippen LogP contribution in [0.5, 0.6) is 0 Å². The van der Waals surface area contributed by atoms with E-state index in [0.717, 1.165) is 44.1 Å². The lowest BCUT2D eigenvalue weighted by Gasteiger charge is -2.30. The van der Waals surface area contributed by atoms with Crippen LogP contribution in [0.15, 0.2) is 58.3 Å². The highest BCUT2D eigenvalue weighted by molar-refractivity contribution is 7.93. The Kier molecular flexibility index (Phi) is 5.20. The van der Waals surface area contributed by atoms with Crippen LogP contribution in [0.1, 0.15) is 37.7 Å². The molecule has 0 amide bonds. The maximum Gasteiger partial charge on any atom is 0.264 e. The van der Waals surface area contributed by atoms with Gasteiger partial charge in [0.05, 0.1) is 15.5 Å². The van der Waals surface area contributed by atoms with Gasteiger partial charge >= 0.3 is 0 Å². The fourth-order valence-corrected chi connectivity index (χ4v) is 6.84. The number of hydrogen-bond acceptors (Lipinski definition) is 4. The average molecular weight is 421 g/mol. The standard InChI is InChI=1S/C20H24N2O4S2/c23-27(24,21-17-8-2-3-9-17)18-11-13-19(14-12-18)28(25,26)22-15-5-7-16-6-1-4-10-20(16)22/h1,4,6,10-14,17,21H,2-3,5,7-9,15H2. The molecule has 2 aromatic rings. The largest absolute Gasteiger partial charge is 0.266 e. The summed E-state index contributed by atoms with van der Waals surface area (Å²) in [5.41, 5.74) is 1.71. The van der Waals surface area contributed by atoms with Gasteiger partial charge in [0, 0.05) is 12.6 Å². The second kappa shape index (κ2) is 7.50. The molecular weight excluding hydrogens is 396 g/mol. The number of anilines is 1. The second-order valence-electron chi connectivity index (χ2n) is 7.38. The molecule has 0 spiro atoms. The van der Waals surface area contributed by atoms with Crippen LogP contribution in [0.25, 0.3) is 0 Å². The minimum atomic E-state index is -3.74. The molecule has 28 heavy (non-hydrogen) atoms. The minimum absolute atomic E-state index is 0.0294. The molecule has 1 aliphatic carbocycles. The van der Waals surface area contributed by atoms with E-state index in [9.17, 15) is 16.8 Å². The minimum Gasteiger partial charge on any atom is -0.266 e. The number of nitrogens with zero attached hydrogens (tertiary/aromatic N) is 1. The Bertz CT molecular complexity index is 1060. The molecule has 150 valence electrons. The first-order valence-electron chi connectivity index (χ1n) is 9.61. The highest BCUT2D eigenvalue weighted by atomic mass is 32.2. The van der Waals surface area contributed by atoms with Crippen molar-refractivity contribution in [3.8, 4) is 0 Å². The summed E-state index contributed by atoms with van der Waals surface area (Å²) >= 11 is 0. The number of hydrogen-bond donors (Lipinski definition) is 1. The first kappa shape index (κ1) is 19.4.